The molecule has 0 saturated heterocycles. The van der Waals surface area contributed by atoms with E-state index < -0.39 is 0 Å². The van der Waals surface area contributed by atoms with Crippen molar-refractivity contribution in [2.24, 2.45) is 5.92 Å². The van der Waals surface area contributed by atoms with E-state index >= 15 is 0 Å². The molecule has 4 nitrogen and oxygen atoms in total. The molecule has 1 aliphatic rings. The highest BCUT2D eigenvalue weighted by Crippen LogP contribution is 2.27. The number of amides is 1. The van der Waals surface area contributed by atoms with Crippen LogP contribution in [0.15, 0.2) is 24.3 Å². The van der Waals surface area contributed by atoms with Gasteiger partial charge in [0.05, 0.1) is 19.7 Å². The maximum atomic E-state index is 11.9. The fraction of sp³-hybridized carbons (Fsp3) is 0.562. The Morgan fingerprint density at radius 2 is 2.05 bits per heavy atom. The summed E-state index contributed by atoms with van der Waals surface area (Å²) in [5.74, 6) is 1.70. The Labute approximate surface area is 120 Å². The van der Waals surface area contributed by atoms with Gasteiger partial charge in [-0.1, -0.05) is 19.1 Å². The second-order valence-corrected chi connectivity index (χ2v) is 5.38. The van der Waals surface area contributed by atoms with Crippen LogP contribution in [-0.2, 0) is 4.79 Å². The highest BCUT2D eigenvalue weighted by molar-refractivity contribution is 5.78. The van der Waals surface area contributed by atoms with Crippen LogP contribution in [-0.4, -0.2) is 26.1 Å². The lowest BCUT2D eigenvalue weighted by Crippen LogP contribution is -2.36. The van der Waals surface area contributed by atoms with Gasteiger partial charge < -0.3 is 15.4 Å². The second-order valence-electron chi connectivity index (χ2n) is 5.38. The van der Waals surface area contributed by atoms with Crippen LogP contribution < -0.4 is 15.4 Å². The Bertz CT molecular complexity index is 427. The second kappa shape index (κ2) is 7.29. The molecule has 0 radical (unpaired) electrons. The number of benzene rings is 1. The van der Waals surface area contributed by atoms with E-state index in [4.69, 9.17) is 4.74 Å². The van der Waals surface area contributed by atoms with Gasteiger partial charge >= 0.3 is 0 Å². The first-order valence-electron chi connectivity index (χ1n) is 7.37. The molecule has 110 valence electrons. The van der Waals surface area contributed by atoms with Gasteiger partial charge in [0.1, 0.15) is 5.75 Å². The third-order valence-corrected chi connectivity index (χ3v) is 3.68. The van der Waals surface area contributed by atoms with Crippen molar-refractivity contribution in [2.45, 2.75) is 32.2 Å². The topological polar surface area (TPSA) is 50.4 Å². The molecule has 1 aromatic rings. The van der Waals surface area contributed by atoms with Crippen LogP contribution in [0.2, 0.25) is 0 Å². The summed E-state index contributed by atoms with van der Waals surface area (Å²) in [5.41, 5.74) is 1.11. The van der Waals surface area contributed by atoms with Gasteiger partial charge in [-0.2, -0.15) is 0 Å². The number of hydrogen-bond acceptors (Lipinski definition) is 3. The maximum absolute atomic E-state index is 11.9. The molecule has 1 fully saturated rings. The first-order chi connectivity index (χ1) is 9.72. The fourth-order valence-electron chi connectivity index (χ4n) is 2.21. The Balaban J connectivity index is 1.81. The molecule has 0 aromatic heterocycles. The summed E-state index contributed by atoms with van der Waals surface area (Å²) >= 11 is 0. The van der Waals surface area contributed by atoms with Crippen molar-refractivity contribution in [1.29, 1.82) is 0 Å². The van der Waals surface area contributed by atoms with Crippen molar-refractivity contribution >= 4 is 5.91 Å². The minimum Gasteiger partial charge on any atom is -0.497 e. The molecule has 0 aliphatic heterocycles. The molecule has 1 atom stereocenters. The summed E-state index contributed by atoms with van der Waals surface area (Å²) in [7, 11) is 1.65. The van der Waals surface area contributed by atoms with Gasteiger partial charge in [0, 0.05) is 0 Å². The number of hydrogen-bond donors (Lipinski definition) is 2. The third kappa shape index (κ3) is 4.53. The molecular formula is C16H24N2O2. The van der Waals surface area contributed by atoms with Crippen LogP contribution >= 0.6 is 0 Å². The molecule has 1 unspecified atom stereocenters. The lowest BCUT2D eigenvalue weighted by molar-refractivity contribution is -0.121. The summed E-state index contributed by atoms with van der Waals surface area (Å²) in [6, 6.07) is 7.93. The third-order valence-electron chi connectivity index (χ3n) is 3.68. The van der Waals surface area contributed by atoms with Crippen molar-refractivity contribution in [3.05, 3.63) is 29.8 Å². The first-order valence-corrected chi connectivity index (χ1v) is 7.37. The quantitative estimate of drug-likeness (QED) is 0.766. The van der Waals surface area contributed by atoms with Gasteiger partial charge in [0.25, 0.3) is 0 Å². The average Bonchev–Trinajstić information content (AvgIpc) is 3.29. The van der Waals surface area contributed by atoms with E-state index in [1.165, 1.54) is 12.8 Å². The van der Waals surface area contributed by atoms with Crippen molar-refractivity contribution < 1.29 is 9.53 Å². The van der Waals surface area contributed by atoms with E-state index in [1.807, 2.05) is 24.3 Å². The van der Waals surface area contributed by atoms with Gasteiger partial charge in [-0.3, -0.25) is 4.79 Å². The highest BCUT2D eigenvalue weighted by Gasteiger charge is 2.21. The maximum Gasteiger partial charge on any atom is 0.234 e. The number of carbonyl (C=O) groups is 1. The Morgan fingerprint density at radius 1 is 1.35 bits per heavy atom. The first kappa shape index (κ1) is 14.9. The highest BCUT2D eigenvalue weighted by atomic mass is 16.5. The molecule has 1 saturated carbocycles. The van der Waals surface area contributed by atoms with Crippen molar-refractivity contribution in [3.8, 4) is 5.75 Å². The van der Waals surface area contributed by atoms with E-state index in [2.05, 4.69) is 17.6 Å². The van der Waals surface area contributed by atoms with E-state index in [0.29, 0.717) is 6.54 Å². The molecule has 0 bridgehead atoms. The predicted octanol–water partition coefficient (Wildman–Crippen LogP) is 2.26. The van der Waals surface area contributed by atoms with Crippen LogP contribution in [0.25, 0.3) is 0 Å². The zero-order chi connectivity index (χ0) is 14.4. The van der Waals surface area contributed by atoms with E-state index in [1.54, 1.807) is 7.11 Å². The molecule has 1 aliphatic carbocycles. The zero-order valence-corrected chi connectivity index (χ0v) is 12.3. The molecule has 2 rings (SSSR count). The van der Waals surface area contributed by atoms with Crippen molar-refractivity contribution in [2.75, 3.05) is 20.2 Å². The van der Waals surface area contributed by atoms with Crippen molar-refractivity contribution in [3.63, 3.8) is 0 Å². The fourth-order valence-corrected chi connectivity index (χ4v) is 2.21. The Hall–Kier alpha value is -1.55. The lowest BCUT2D eigenvalue weighted by atomic mass is 10.0. The number of carbonyl (C=O) groups excluding carboxylic acids is 1. The molecule has 20 heavy (non-hydrogen) atoms. The standard InChI is InChI=1S/C16H24N2O2/c1-3-15(13-6-8-14(20-2)9-7-13)18-16(19)11-17-10-12-4-5-12/h6-9,12,15,17H,3-5,10-11H2,1-2H3,(H,18,19). The summed E-state index contributed by atoms with van der Waals surface area (Å²) in [6.07, 6.45) is 3.48. The Kier molecular flexibility index (Phi) is 5.41. The summed E-state index contributed by atoms with van der Waals surface area (Å²) < 4.78 is 5.15. The van der Waals surface area contributed by atoms with E-state index in [0.717, 1.165) is 30.2 Å². The minimum absolute atomic E-state index is 0.0633. The largest absolute Gasteiger partial charge is 0.497 e. The lowest BCUT2D eigenvalue weighted by Gasteiger charge is -2.18. The smallest absolute Gasteiger partial charge is 0.234 e. The average molecular weight is 276 g/mol. The number of ether oxygens (including phenoxy) is 1. The molecule has 1 aromatic carbocycles. The van der Waals surface area contributed by atoms with Gasteiger partial charge in [-0.05, 0) is 49.4 Å². The SMILES string of the molecule is CCC(NC(=O)CNCC1CC1)c1ccc(OC)cc1. The van der Waals surface area contributed by atoms with Gasteiger partial charge in [-0.25, -0.2) is 0 Å². The predicted molar refractivity (Wildman–Crippen MR) is 79.8 cm³/mol. The van der Waals surface area contributed by atoms with E-state index in [9.17, 15) is 4.79 Å². The molecule has 2 N–H and O–H groups in total. The van der Waals surface area contributed by atoms with Crippen LogP contribution in [0.1, 0.15) is 37.8 Å². The molecular weight excluding hydrogens is 252 g/mol. The van der Waals surface area contributed by atoms with Crippen LogP contribution in [0.4, 0.5) is 0 Å². The van der Waals surface area contributed by atoms with Crippen LogP contribution in [0, 0.1) is 5.92 Å². The van der Waals surface area contributed by atoms with Gasteiger partial charge in [0.2, 0.25) is 5.91 Å². The molecule has 1 amide bonds. The Morgan fingerprint density at radius 3 is 2.60 bits per heavy atom. The van der Waals surface area contributed by atoms with Crippen LogP contribution in [0.5, 0.6) is 5.75 Å². The van der Waals surface area contributed by atoms with Crippen LogP contribution in [0.3, 0.4) is 0 Å². The molecule has 0 spiro atoms. The minimum atomic E-state index is 0.0633. The zero-order valence-electron chi connectivity index (χ0n) is 12.3. The molecule has 0 heterocycles. The number of nitrogens with one attached hydrogen (secondary N) is 2. The monoisotopic (exact) mass is 276 g/mol. The number of rotatable bonds is 8. The summed E-state index contributed by atoms with van der Waals surface area (Å²) in [6.45, 7) is 3.45. The summed E-state index contributed by atoms with van der Waals surface area (Å²) in [5, 5.41) is 6.29. The normalized spacial score (nSPS) is 15.7. The summed E-state index contributed by atoms with van der Waals surface area (Å²) in [4.78, 5) is 11.9. The molecule has 4 heteroatoms. The van der Waals surface area contributed by atoms with Gasteiger partial charge in [0.15, 0.2) is 0 Å². The van der Waals surface area contributed by atoms with Gasteiger partial charge in [-0.15, -0.1) is 0 Å². The number of methoxy groups -OCH3 is 1. The van der Waals surface area contributed by atoms with Crippen molar-refractivity contribution in [1.82, 2.24) is 10.6 Å². The van der Waals surface area contributed by atoms with E-state index in [-0.39, 0.29) is 11.9 Å².